The van der Waals surface area contributed by atoms with E-state index in [2.05, 4.69) is 15.5 Å². The molecule has 1 aromatic carbocycles. The topological polar surface area (TPSA) is 62.8 Å². The predicted octanol–water partition coefficient (Wildman–Crippen LogP) is 0.551. The first-order valence-electron chi connectivity index (χ1n) is 8.24. The van der Waals surface area contributed by atoms with Gasteiger partial charge in [-0.15, -0.1) is 0 Å². The summed E-state index contributed by atoms with van der Waals surface area (Å²) in [6.45, 7) is 4.87. The molecule has 1 fully saturated rings. The first-order valence-corrected chi connectivity index (χ1v) is 8.24. The predicted molar refractivity (Wildman–Crippen MR) is 89.3 cm³/mol. The van der Waals surface area contributed by atoms with Crippen LogP contribution in [0, 0.1) is 5.82 Å². The molecule has 2 N–H and O–H groups in total. The van der Waals surface area contributed by atoms with Gasteiger partial charge in [-0.3, -0.25) is 9.69 Å². The number of nitrogens with zero attached hydrogens (tertiary/aromatic N) is 1. The summed E-state index contributed by atoms with van der Waals surface area (Å²) in [5.74, 6) is -0.322. The molecule has 2 rings (SSSR count). The van der Waals surface area contributed by atoms with Gasteiger partial charge in [0.2, 0.25) is 5.91 Å². The van der Waals surface area contributed by atoms with Crippen LogP contribution in [0.4, 0.5) is 4.39 Å². The van der Waals surface area contributed by atoms with E-state index in [1.54, 1.807) is 19.2 Å². The van der Waals surface area contributed by atoms with Crippen LogP contribution >= 0.6 is 0 Å². The van der Waals surface area contributed by atoms with Crippen molar-refractivity contribution >= 4 is 5.91 Å². The minimum atomic E-state index is -0.258. The van der Waals surface area contributed by atoms with Gasteiger partial charge in [0.15, 0.2) is 0 Å². The maximum atomic E-state index is 13.2. The van der Waals surface area contributed by atoms with E-state index in [9.17, 15) is 9.18 Å². The second kappa shape index (κ2) is 10.4. The molecule has 1 aromatic rings. The molecule has 1 saturated heterocycles. The minimum Gasteiger partial charge on any atom is -0.383 e. The van der Waals surface area contributed by atoms with Gasteiger partial charge in [0.05, 0.1) is 32.4 Å². The summed E-state index contributed by atoms with van der Waals surface area (Å²) in [6, 6.07) is 6.47. The SMILES string of the molecule is COCCNCC(=O)NCC(c1ccc(F)cc1)N1CCOCC1. The fraction of sp³-hybridized carbons (Fsp3) is 0.588. The van der Waals surface area contributed by atoms with E-state index in [0.717, 1.165) is 18.7 Å². The van der Waals surface area contributed by atoms with Gasteiger partial charge in [-0.05, 0) is 17.7 Å². The largest absolute Gasteiger partial charge is 0.383 e. The summed E-state index contributed by atoms with van der Waals surface area (Å²) >= 11 is 0. The molecule has 1 aliphatic heterocycles. The van der Waals surface area contributed by atoms with Crippen LogP contribution in [0.5, 0.6) is 0 Å². The summed E-state index contributed by atoms with van der Waals surface area (Å²) in [7, 11) is 1.62. The first kappa shape index (κ1) is 18.8. The van der Waals surface area contributed by atoms with Crippen molar-refractivity contribution in [3.63, 3.8) is 0 Å². The van der Waals surface area contributed by atoms with Crippen molar-refractivity contribution < 1.29 is 18.7 Å². The van der Waals surface area contributed by atoms with Gasteiger partial charge in [-0.25, -0.2) is 4.39 Å². The summed E-state index contributed by atoms with van der Waals surface area (Å²) in [4.78, 5) is 14.2. The van der Waals surface area contributed by atoms with Crippen molar-refractivity contribution in [1.82, 2.24) is 15.5 Å². The smallest absolute Gasteiger partial charge is 0.234 e. The fourth-order valence-electron chi connectivity index (χ4n) is 2.68. The summed E-state index contributed by atoms with van der Waals surface area (Å²) < 4.78 is 23.5. The van der Waals surface area contributed by atoms with Crippen LogP contribution in [-0.4, -0.2) is 70.5 Å². The Morgan fingerprint density at radius 1 is 1.33 bits per heavy atom. The Labute approximate surface area is 142 Å². The fourth-order valence-corrected chi connectivity index (χ4v) is 2.68. The van der Waals surface area contributed by atoms with Crippen LogP contribution in [0.1, 0.15) is 11.6 Å². The van der Waals surface area contributed by atoms with E-state index < -0.39 is 0 Å². The van der Waals surface area contributed by atoms with Crippen molar-refractivity contribution in [1.29, 1.82) is 0 Å². The van der Waals surface area contributed by atoms with E-state index in [1.165, 1.54) is 12.1 Å². The van der Waals surface area contributed by atoms with Crippen LogP contribution in [0.15, 0.2) is 24.3 Å². The molecule has 1 aliphatic rings. The highest BCUT2D eigenvalue weighted by atomic mass is 19.1. The van der Waals surface area contributed by atoms with Crippen LogP contribution in [0.25, 0.3) is 0 Å². The number of nitrogens with one attached hydrogen (secondary N) is 2. The number of carbonyl (C=O) groups is 1. The third-order valence-corrected chi connectivity index (χ3v) is 4.00. The lowest BCUT2D eigenvalue weighted by molar-refractivity contribution is -0.120. The van der Waals surface area contributed by atoms with Crippen LogP contribution in [0.3, 0.4) is 0 Å². The molecular formula is C17H26FN3O3. The maximum Gasteiger partial charge on any atom is 0.234 e. The van der Waals surface area contributed by atoms with E-state index in [-0.39, 0.29) is 24.3 Å². The molecule has 0 aromatic heterocycles. The zero-order valence-corrected chi connectivity index (χ0v) is 14.1. The lowest BCUT2D eigenvalue weighted by atomic mass is 10.0. The number of morpholine rings is 1. The quantitative estimate of drug-likeness (QED) is 0.644. The number of hydrogen-bond donors (Lipinski definition) is 2. The summed E-state index contributed by atoms with van der Waals surface area (Å²) in [5.41, 5.74) is 0.992. The molecule has 24 heavy (non-hydrogen) atoms. The number of methoxy groups -OCH3 is 1. The highest BCUT2D eigenvalue weighted by Gasteiger charge is 2.23. The third-order valence-electron chi connectivity index (χ3n) is 4.00. The Balaban J connectivity index is 1.90. The number of amides is 1. The van der Waals surface area contributed by atoms with Crippen molar-refractivity contribution in [2.24, 2.45) is 0 Å². The zero-order valence-electron chi connectivity index (χ0n) is 14.1. The van der Waals surface area contributed by atoms with Gasteiger partial charge >= 0.3 is 0 Å². The van der Waals surface area contributed by atoms with Crippen molar-refractivity contribution in [3.8, 4) is 0 Å². The molecule has 1 unspecified atom stereocenters. The van der Waals surface area contributed by atoms with E-state index >= 15 is 0 Å². The number of benzene rings is 1. The van der Waals surface area contributed by atoms with E-state index in [0.29, 0.717) is 32.9 Å². The lowest BCUT2D eigenvalue weighted by Gasteiger charge is -2.35. The maximum absolute atomic E-state index is 13.2. The molecule has 134 valence electrons. The normalized spacial score (nSPS) is 16.8. The third kappa shape index (κ3) is 6.16. The Morgan fingerprint density at radius 3 is 2.71 bits per heavy atom. The zero-order chi connectivity index (χ0) is 17.2. The van der Waals surface area contributed by atoms with E-state index in [4.69, 9.17) is 9.47 Å². The number of rotatable bonds is 9. The van der Waals surface area contributed by atoms with E-state index in [1.807, 2.05) is 0 Å². The van der Waals surface area contributed by atoms with Crippen molar-refractivity contribution in [2.45, 2.75) is 6.04 Å². The van der Waals surface area contributed by atoms with Gasteiger partial charge < -0.3 is 20.1 Å². The van der Waals surface area contributed by atoms with Crippen LogP contribution in [0.2, 0.25) is 0 Å². The molecule has 0 bridgehead atoms. The van der Waals surface area contributed by atoms with Gasteiger partial charge in [0.25, 0.3) is 0 Å². The highest BCUT2D eigenvalue weighted by Crippen LogP contribution is 2.21. The second-order valence-corrected chi connectivity index (χ2v) is 5.69. The molecular weight excluding hydrogens is 313 g/mol. The van der Waals surface area contributed by atoms with Crippen LogP contribution < -0.4 is 10.6 Å². The van der Waals surface area contributed by atoms with Gasteiger partial charge in [-0.2, -0.15) is 0 Å². The Hall–Kier alpha value is -1.54. The lowest BCUT2D eigenvalue weighted by Crippen LogP contribution is -2.45. The molecule has 1 heterocycles. The summed E-state index contributed by atoms with van der Waals surface area (Å²) in [6.07, 6.45) is 0. The highest BCUT2D eigenvalue weighted by molar-refractivity contribution is 5.78. The summed E-state index contributed by atoms with van der Waals surface area (Å²) in [5, 5.41) is 5.97. The number of halogens is 1. The average Bonchev–Trinajstić information content (AvgIpc) is 2.61. The number of hydrogen-bond acceptors (Lipinski definition) is 5. The van der Waals surface area contributed by atoms with Crippen LogP contribution in [-0.2, 0) is 14.3 Å². The molecule has 7 heteroatoms. The molecule has 0 aliphatic carbocycles. The van der Waals surface area contributed by atoms with Gasteiger partial charge in [-0.1, -0.05) is 12.1 Å². The standard InChI is InChI=1S/C17H26FN3O3/c1-23-9-6-19-13-17(22)20-12-16(21-7-10-24-11-8-21)14-2-4-15(18)5-3-14/h2-5,16,19H,6-13H2,1H3,(H,20,22). The second-order valence-electron chi connectivity index (χ2n) is 5.69. The Morgan fingerprint density at radius 2 is 2.04 bits per heavy atom. The molecule has 0 spiro atoms. The average molecular weight is 339 g/mol. The molecule has 1 atom stereocenters. The number of carbonyl (C=O) groups excluding carboxylic acids is 1. The van der Waals surface area contributed by atoms with Crippen molar-refractivity contribution in [2.75, 3.05) is 59.7 Å². The molecule has 1 amide bonds. The monoisotopic (exact) mass is 339 g/mol. The molecule has 0 radical (unpaired) electrons. The first-order chi connectivity index (χ1) is 11.7. The Bertz CT molecular complexity index is 492. The molecule has 6 nitrogen and oxygen atoms in total. The Kier molecular flexibility index (Phi) is 8.11. The minimum absolute atomic E-state index is 0.0115. The van der Waals surface area contributed by atoms with Gasteiger partial charge in [0, 0.05) is 33.3 Å². The number of ether oxygens (including phenoxy) is 2. The van der Waals surface area contributed by atoms with Gasteiger partial charge in [0.1, 0.15) is 5.82 Å². The molecule has 0 saturated carbocycles. The van der Waals surface area contributed by atoms with Crippen molar-refractivity contribution in [3.05, 3.63) is 35.6 Å².